The molecule has 57 heavy (non-hydrogen) atoms. The van der Waals surface area contributed by atoms with Gasteiger partial charge >= 0.3 is 0 Å². The number of pyridine rings is 1. The molecule has 0 saturated heterocycles. The molecule has 0 atom stereocenters. The molecular formula is C53H33N3S. The minimum absolute atomic E-state index is 0.933. The monoisotopic (exact) mass is 743 g/mol. The second-order valence-corrected chi connectivity index (χ2v) is 15.8. The maximum Gasteiger partial charge on any atom is 0.0737 e. The van der Waals surface area contributed by atoms with Gasteiger partial charge in [0.25, 0.3) is 0 Å². The first-order chi connectivity index (χ1) is 28.3. The number of thiophene rings is 1. The quantitative estimate of drug-likeness (QED) is 0.172. The third-order valence-electron chi connectivity index (χ3n) is 11.5. The van der Waals surface area contributed by atoms with Gasteiger partial charge in [-0.05, 0) is 77.9 Å². The zero-order valence-electron chi connectivity index (χ0n) is 30.8. The summed E-state index contributed by atoms with van der Waals surface area (Å²) >= 11 is 1.85. The molecule has 0 N–H and O–H groups in total. The maximum absolute atomic E-state index is 5.69. The highest BCUT2D eigenvalue weighted by Crippen LogP contribution is 2.43. The van der Waals surface area contributed by atoms with E-state index in [1.54, 1.807) is 0 Å². The van der Waals surface area contributed by atoms with E-state index in [2.05, 4.69) is 209 Å². The van der Waals surface area contributed by atoms with Crippen LogP contribution in [0.1, 0.15) is 0 Å². The van der Waals surface area contributed by atoms with Gasteiger partial charge in [0.05, 0.1) is 33.5 Å². The molecule has 0 spiro atoms. The van der Waals surface area contributed by atoms with Crippen molar-refractivity contribution in [3.05, 3.63) is 200 Å². The summed E-state index contributed by atoms with van der Waals surface area (Å²) in [5.74, 6) is 0. The van der Waals surface area contributed by atoms with Crippen LogP contribution >= 0.6 is 11.3 Å². The van der Waals surface area contributed by atoms with Gasteiger partial charge < -0.3 is 9.13 Å². The Bertz CT molecular complexity index is 3340. The van der Waals surface area contributed by atoms with E-state index in [9.17, 15) is 0 Å². The van der Waals surface area contributed by atoms with Gasteiger partial charge in [0.2, 0.25) is 0 Å². The molecule has 4 aromatic heterocycles. The van der Waals surface area contributed by atoms with Crippen molar-refractivity contribution < 1.29 is 0 Å². The predicted octanol–water partition coefficient (Wildman–Crippen LogP) is 14.6. The fourth-order valence-corrected chi connectivity index (χ4v) is 10.1. The summed E-state index contributed by atoms with van der Waals surface area (Å²) in [6.07, 6.45) is 0. The Labute approximate surface area is 333 Å². The minimum atomic E-state index is 0.933. The zero-order chi connectivity index (χ0) is 37.5. The fraction of sp³-hybridized carbons (Fsp3) is 0. The maximum atomic E-state index is 5.69. The van der Waals surface area contributed by atoms with Crippen LogP contribution in [0.2, 0.25) is 0 Å². The molecule has 12 aromatic rings. The molecule has 0 radical (unpaired) electrons. The molecule has 4 heterocycles. The molecule has 266 valence electrons. The lowest BCUT2D eigenvalue weighted by Crippen LogP contribution is -1.98. The average Bonchev–Trinajstić information content (AvgIpc) is 3.94. The first kappa shape index (κ1) is 32.0. The number of aromatic nitrogens is 3. The smallest absolute Gasteiger partial charge is 0.0737 e. The molecule has 3 nitrogen and oxygen atoms in total. The second kappa shape index (κ2) is 12.6. The molecule has 0 amide bonds. The first-order valence-electron chi connectivity index (χ1n) is 19.4. The molecule has 8 aromatic carbocycles. The Hall–Kier alpha value is -7.27. The summed E-state index contributed by atoms with van der Waals surface area (Å²) in [6.45, 7) is 0. The lowest BCUT2D eigenvalue weighted by Gasteiger charge is -2.15. The average molecular weight is 744 g/mol. The van der Waals surface area contributed by atoms with Crippen LogP contribution < -0.4 is 0 Å². The molecule has 12 rings (SSSR count). The lowest BCUT2D eigenvalue weighted by atomic mass is 9.97. The summed E-state index contributed by atoms with van der Waals surface area (Å²) < 4.78 is 7.42. The highest BCUT2D eigenvalue weighted by Gasteiger charge is 2.21. The van der Waals surface area contributed by atoms with Gasteiger partial charge in [-0.3, -0.25) is 0 Å². The minimum Gasteiger partial charge on any atom is -0.309 e. The van der Waals surface area contributed by atoms with E-state index in [-0.39, 0.29) is 0 Å². The number of hydrogen-bond acceptors (Lipinski definition) is 2. The van der Waals surface area contributed by atoms with Crippen molar-refractivity contribution in [1.29, 1.82) is 0 Å². The molecule has 0 aliphatic carbocycles. The number of benzene rings is 8. The van der Waals surface area contributed by atoms with Crippen molar-refractivity contribution >= 4 is 75.1 Å². The van der Waals surface area contributed by atoms with Crippen molar-refractivity contribution in [2.75, 3.05) is 0 Å². The van der Waals surface area contributed by atoms with Crippen LogP contribution in [-0.2, 0) is 0 Å². The van der Waals surface area contributed by atoms with Crippen LogP contribution in [0, 0.1) is 0 Å². The molecule has 0 unspecified atom stereocenters. The molecule has 0 fully saturated rings. The van der Waals surface area contributed by atoms with Crippen molar-refractivity contribution in [2.24, 2.45) is 0 Å². The Morgan fingerprint density at radius 3 is 1.39 bits per heavy atom. The first-order valence-corrected chi connectivity index (χ1v) is 20.2. The summed E-state index contributed by atoms with van der Waals surface area (Å²) in [7, 11) is 0. The molecule has 0 saturated carbocycles. The predicted molar refractivity (Wildman–Crippen MR) is 242 cm³/mol. The van der Waals surface area contributed by atoms with Gasteiger partial charge in [0.1, 0.15) is 0 Å². The van der Waals surface area contributed by atoms with E-state index < -0.39 is 0 Å². The van der Waals surface area contributed by atoms with Crippen LogP contribution in [0.5, 0.6) is 0 Å². The van der Waals surface area contributed by atoms with Gasteiger partial charge in [-0.2, -0.15) is 0 Å². The lowest BCUT2D eigenvalue weighted by molar-refractivity contribution is 1.17. The van der Waals surface area contributed by atoms with Crippen LogP contribution in [-0.4, -0.2) is 14.1 Å². The second-order valence-electron chi connectivity index (χ2n) is 14.7. The van der Waals surface area contributed by atoms with Crippen LogP contribution in [0.4, 0.5) is 0 Å². The molecule has 0 bridgehead atoms. The molecular weight excluding hydrogens is 711 g/mol. The van der Waals surface area contributed by atoms with Gasteiger partial charge in [-0.1, -0.05) is 133 Å². The van der Waals surface area contributed by atoms with Gasteiger partial charge in [-0.25, -0.2) is 4.98 Å². The normalized spacial score (nSPS) is 11.9. The van der Waals surface area contributed by atoms with Crippen molar-refractivity contribution in [3.63, 3.8) is 0 Å². The SMILES string of the molecule is c1ccc(-n2c3ccccc3c3cccc(-c4cc(-c5ccc6sc7ccccc7c6c5)cc(-c5cccc6c7ccccc7n(-c7ccccc7)c56)n4)c32)cc1. The van der Waals surface area contributed by atoms with Crippen LogP contribution in [0.25, 0.3) is 109 Å². The topological polar surface area (TPSA) is 22.8 Å². The Morgan fingerprint density at radius 1 is 0.333 bits per heavy atom. The van der Waals surface area contributed by atoms with Crippen molar-refractivity contribution in [1.82, 2.24) is 14.1 Å². The Morgan fingerprint density at radius 2 is 0.807 bits per heavy atom. The van der Waals surface area contributed by atoms with E-state index in [1.807, 2.05) is 11.3 Å². The summed E-state index contributed by atoms with van der Waals surface area (Å²) in [4.78, 5) is 5.69. The highest BCUT2D eigenvalue weighted by molar-refractivity contribution is 7.25. The van der Waals surface area contributed by atoms with Gasteiger partial charge in [-0.15, -0.1) is 11.3 Å². The largest absolute Gasteiger partial charge is 0.309 e. The zero-order valence-corrected chi connectivity index (χ0v) is 31.6. The standard InChI is InChI=1S/C53H33N3S/c1-3-15-36(16-4-1)55-48-26-10-7-19-38(48)41-22-13-24-43(52(41)55)46-32-35(34-29-30-51-45(31-34)40-21-9-12-28-50(40)57-51)33-47(54-46)44-25-14-23-42-39-20-8-11-27-49(39)56(53(42)44)37-17-5-2-6-18-37/h1-33H. The van der Waals surface area contributed by atoms with Crippen LogP contribution in [0.15, 0.2) is 200 Å². The number of para-hydroxylation sites is 6. The fourth-order valence-electron chi connectivity index (χ4n) is 9.02. The van der Waals surface area contributed by atoms with E-state index in [4.69, 9.17) is 4.98 Å². The van der Waals surface area contributed by atoms with E-state index in [0.29, 0.717) is 0 Å². The Kier molecular flexibility index (Phi) is 7.10. The third-order valence-corrected chi connectivity index (χ3v) is 12.7. The van der Waals surface area contributed by atoms with E-state index in [0.717, 1.165) is 50.5 Å². The van der Waals surface area contributed by atoms with Gasteiger partial charge in [0, 0.05) is 64.2 Å². The summed E-state index contributed by atoms with van der Waals surface area (Å²) in [5, 5.41) is 7.44. The summed E-state index contributed by atoms with van der Waals surface area (Å²) in [6, 6.07) is 72.5. The van der Waals surface area contributed by atoms with E-state index in [1.165, 1.54) is 58.3 Å². The third kappa shape index (κ3) is 4.94. The van der Waals surface area contributed by atoms with Crippen LogP contribution in [0.3, 0.4) is 0 Å². The van der Waals surface area contributed by atoms with Crippen molar-refractivity contribution in [3.8, 4) is 45.0 Å². The molecule has 4 heteroatoms. The number of fused-ring (bicyclic) bond motifs is 9. The van der Waals surface area contributed by atoms with E-state index >= 15 is 0 Å². The summed E-state index contributed by atoms with van der Waals surface area (Å²) in [5.41, 5.74) is 13.2. The highest BCUT2D eigenvalue weighted by atomic mass is 32.1. The van der Waals surface area contributed by atoms with Gasteiger partial charge in [0.15, 0.2) is 0 Å². The molecule has 0 aliphatic rings. The number of hydrogen-bond donors (Lipinski definition) is 0. The Balaban J connectivity index is 1.19. The number of rotatable bonds is 5. The van der Waals surface area contributed by atoms with Crippen molar-refractivity contribution in [2.45, 2.75) is 0 Å². The number of nitrogens with zero attached hydrogens (tertiary/aromatic N) is 3. The molecule has 0 aliphatic heterocycles.